The molecule has 1 atom stereocenters. The lowest BCUT2D eigenvalue weighted by molar-refractivity contribution is -0.132. The predicted octanol–water partition coefficient (Wildman–Crippen LogP) is -0.420. The molecule has 0 saturated carbocycles. The van der Waals surface area contributed by atoms with Gasteiger partial charge in [0.05, 0.1) is 0 Å². The lowest BCUT2D eigenvalue weighted by Crippen LogP contribution is -1.94. The predicted molar refractivity (Wildman–Crippen MR) is 31.3 cm³/mol. The van der Waals surface area contributed by atoms with Crippen LogP contribution >= 0.6 is 0 Å². The Kier molecular flexibility index (Phi) is 1.44. The molecular formula is C4H2NO3S-. The topological polar surface area (TPSA) is 66.7 Å². The highest BCUT2D eigenvalue weighted by molar-refractivity contribution is 8.01. The molecule has 0 aromatic rings. The number of aliphatic imine (C=N–C) groups is 1. The first-order valence-corrected chi connectivity index (χ1v) is 3.23. The number of hydrogen-bond acceptors (Lipinski definition) is 3. The lowest BCUT2D eigenvalue weighted by Gasteiger charge is -1.93. The molecule has 48 valence electrons. The summed E-state index contributed by atoms with van der Waals surface area (Å²) in [5.41, 5.74) is 1.87. The molecule has 0 amide bonds. The van der Waals surface area contributed by atoms with Crippen LogP contribution in [0.15, 0.2) is 16.1 Å². The Hall–Kier alpha value is -0.970. The second-order valence-corrected chi connectivity index (χ2v) is 2.32. The minimum atomic E-state index is -1.43. The molecule has 0 aromatic heterocycles. The highest BCUT2D eigenvalue weighted by Gasteiger charge is 1.98. The summed E-state index contributed by atoms with van der Waals surface area (Å²) >= 11 is 0. The van der Waals surface area contributed by atoms with E-state index in [0.717, 1.165) is 5.41 Å². The van der Waals surface area contributed by atoms with Crippen molar-refractivity contribution in [3.8, 4) is 0 Å². The number of aliphatic carboxylic acids is 1. The first kappa shape index (κ1) is 6.15. The van der Waals surface area contributed by atoms with E-state index in [-0.39, 0.29) is 5.70 Å². The maximum Gasteiger partial charge on any atom is 0.270 e. The van der Waals surface area contributed by atoms with Crippen molar-refractivity contribution >= 4 is 22.3 Å². The average molecular weight is 144 g/mol. The van der Waals surface area contributed by atoms with E-state index in [0.29, 0.717) is 0 Å². The highest BCUT2D eigenvalue weighted by atomic mass is 32.2. The van der Waals surface area contributed by atoms with Crippen LogP contribution in [0.3, 0.4) is 0 Å². The van der Waals surface area contributed by atoms with Gasteiger partial charge < -0.3 is 10.1 Å². The van der Waals surface area contributed by atoms with Gasteiger partial charge in [-0.2, -0.15) is 0 Å². The first-order chi connectivity index (χ1) is 4.20. The minimum absolute atomic E-state index is 0.201. The van der Waals surface area contributed by atoms with E-state index < -0.39 is 16.8 Å². The Morgan fingerprint density at radius 3 is 2.78 bits per heavy atom. The molecule has 0 fully saturated rings. The minimum Gasteiger partial charge on any atom is -0.490 e. The largest absolute Gasteiger partial charge is 0.490 e. The summed E-state index contributed by atoms with van der Waals surface area (Å²) in [6, 6.07) is 0. The second-order valence-electron chi connectivity index (χ2n) is 1.31. The number of carboxylic acids is 1. The van der Waals surface area contributed by atoms with E-state index >= 15 is 0 Å². The van der Waals surface area contributed by atoms with E-state index in [1.807, 2.05) is 0 Å². The Morgan fingerprint density at radius 1 is 1.89 bits per heavy atom. The Labute approximate surface area is 53.4 Å². The van der Waals surface area contributed by atoms with Crippen molar-refractivity contribution < 1.29 is 14.1 Å². The molecule has 0 bridgehead atoms. The Balaban J connectivity index is 2.88. The van der Waals surface area contributed by atoms with Gasteiger partial charge in [0.1, 0.15) is 0 Å². The molecule has 0 radical (unpaired) electrons. The van der Waals surface area contributed by atoms with Crippen molar-refractivity contribution in [2.24, 2.45) is 4.99 Å². The summed E-state index contributed by atoms with van der Waals surface area (Å²) in [6.07, 6.45) is 0. The average Bonchev–Trinajstić information content (AvgIpc) is 2.14. The lowest BCUT2D eigenvalue weighted by atomic mass is 10.5. The van der Waals surface area contributed by atoms with Crippen LogP contribution in [-0.4, -0.2) is 20.8 Å². The van der Waals surface area contributed by atoms with Crippen molar-refractivity contribution in [2.45, 2.75) is 0 Å². The van der Waals surface area contributed by atoms with Gasteiger partial charge in [-0.3, -0.25) is 9.00 Å². The summed E-state index contributed by atoms with van der Waals surface area (Å²) in [6.45, 7) is 0. The van der Waals surface area contributed by atoms with E-state index in [4.69, 9.17) is 5.11 Å². The molecule has 1 heterocycles. The van der Waals surface area contributed by atoms with Crippen molar-refractivity contribution in [2.75, 3.05) is 0 Å². The SMILES string of the molecule is O=C(O)C1=CS(=O)[C-]=N1. The molecular weight excluding hydrogens is 142 g/mol. The van der Waals surface area contributed by atoms with E-state index in [1.165, 1.54) is 0 Å². The normalized spacial score (nSPS) is 24.0. The van der Waals surface area contributed by atoms with Crippen molar-refractivity contribution in [1.29, 1.82) is 0 Å². The molecule has 5 heteroatoms. The van der Waals surface area contributed by atoms with Crippen molar-refractivity contribution in [3.05, 3.63) is 11.1 Å². The molecule has 4 nitrogen and oxygen atoms in total. The van der Waals surface area contributed by atoms with Gasteiger partial charge in [-0.1, -0.05) is 11.0 Å². The molecule has 0 aliphatic carbocycles. The van der Waals surface area contributed by atoms with Gasteiger partial charge in [-0.05, 0) is 16.5 Å². The van der Waals surface area contributed by atoms with Gasteiger partial charge in [0.15, 0.2) is 0 Å². The third kappa shape index (κ3) is 1.23. The van der Waals surface area contributed by atoms with E-state index in [2.05, 4.69) is 10.5 Å². The standard InChI is InChI=1S/C4H2NO3S/c6-4(7)3-1-9(8)2-5-3/h1H,(H,6,7)/q-1. The van der Waals surface area contributed by atoms with Crippen molar-refractivity contribution in [3.63, 3.8) is 0 Å². The molecule has 9 heavy (non-hydrogen) atoms. The van der Waals surface area contributed by atoms with Crippen LogP contribution in [0.1, 0.15) is 0 Å². The third-order valence-electron chi connectivity index (χ3n) is 0.694. The fourth-order valence-corrected chi connectivity index (χ4v) is 0.944. The van der Waals surface area contributed by atoms with Crippen LogP contribution in [0.5, 0.6) is 0 Å². The zero-order valence-electron chi connectivity index (χ0n) is 4.20. The van der Waals surface area contributed by atoms with Gasteiger partial charge in [0.25, 0.3) is 5.97 Å². The molecule has 1 unspecified atom stereocenters. The number of hydrogen-bond donors (Lipinski definition) is 1. The van der Waals surface area contributed by atoms with Crippen LogP contribution in [0, 0.1) is 0 Å². The van der Waals surface area contributed by atoms with Gasteiger partial charge >= 0.3 is 0 Å². The number of carboxylic acid groups (broad SMARTS) is 1. The summed E-state index contributed by atoms with van der Waals surface area (Å²) < 4.78 is 10.3. The Morgan fingerprint density at radius 2 is 2.56 bits per heavy atom. The second kappa shape index (κ2) is 2.10. The van der Waals surface area contributed by atoms with E-state index in [9.17, 15) is 9.00 Å². The zero-order chi connectivity index (χ0) is 6.85. The summed E-state index contributed by atoms with van der Waals surface area (Å²) in [5.74, 6) is -1.17. The van der Waals surface area contributed by atoms with Gasteiger partial charge in [0.2, 0.25) is 0 Å². The fraction of sp³-hybridized carbons (Fsp3) is 0. The third-order valence-corrected chi connectivity index (χ3v) is 1.40. The molecule has 0 saturated heterocycles. The first-order valence-electron chi connectivity index (χ1n) is 2.02. The monoisotopic (exact) mass is 144 g/mol. The van der Waals surface area contributed by atoms with Crippen LogP contribution in [0.2, 0.25) is 0 Å². The highest BCUT2D eigenvalue weighted by Crippen LogP contribution is 2.04. The van der Waals surface area contributed by atoms with Crippen LogP contribution < -0.4 is 0 Å². The van der Waals surface area contributed by atoms with Gasteiger partial charge in [-0.25, -0.2) is 0 Å². The molecule has 1 aliphatic rings. The fourth-order valence-electron chi connectivity index (χ4n) is 0.346. The number of nitrogens with zero attached hydrogens (tertiary/aromatic N) is 1. The van der Waals surface area contributed by atoms with Crippen molar-refractivity contribution in [1.82, 2.24) is 0 Å². The maximum atomic E-state index is 10.3. The molecule has 1 N–H and O–H groups in total. The number of rotatable bonds is 1. The zero-order valence-corrected chi connectivity index (χ0v) is 5.01. The van der Waals surface area contributed by atoms with Crippen LogP contribution in [0.4, 0.5) is 0 Å². The van der Waals surface area contributed by atoms with Crippen LogP contribution in [0.25, 0.3) is 0 Å². The summed E-state index contributed by atoms with van der Waals surface area (Å²) in [7, 11) is -1.43. The molecule has 1 aliphatic heterocycles. The summed E-state index contributed by atoms with van der Waals surface area (Å²) in [4.78, 5) is 13.2. The number of carbonyl (C=O) groups is 1. The quantitative estimate of drug-likeness (QED) is 0.508. The van der Waals surface area contributed by atoms with E-state index in [1.54, 1.807) is 0 Å². The summed E-state index contributed by atoms with van der Waals surface area (Å²) in [5, 5.41) is 9.22. The Bertz CT molecular complexity index is 230. The molecule has 0 spiro atoms. The molecule has 0 aromatic carbocycles. The maximum absolute atomic E-state index is 10.3. The van der Waals surface area contributed by atoms with Gasteiger partial charge in [-0.15, -0.1) is 0 Å². The van der Waals surface area contributed by atoms with Gasteiger partial charge in [0, 0.05) is 0 Å². The molecule has 1 rings (SSSR count). The van der Waals surface area contributed by atoms with Crippen LogP contribution in [-0.2, 0) is 15.6 Å². The smallest absolute Gasteiger partial charge is 0.270 e.